The lowest BCUT2D eigenvalue weighted by atomic mass is 10.1. The molecule has 0 spiro atoms. The molecule has 0 N–H and O–H groups in total. The Balaban J connectivity index is 1.62. The molecular weight excluding hydrogens is 376 g/mol. The molecule has 0 radical (unpaired) electrons. The van der Waals surface area contributed by atoms with Gasteiger partial charge in [-0.15, -0.1) is 0 Å². The second-order valence-corrected chi connectivity index (χ2v) is 6.23. The first-order valence-corrected chi connectivity index (χ1v) is 8.22. The van der Waals surface area contributed by atoms with E-state index >= 15 is 0 Å². The fourth-order valence-electron chi connectivity index (χ4n) is 2.29. The second-order valence-electron chi connectivity index (χ2n) is 5.31. The Bertz CT molecular complexity index is 756. The summed E-state index contributed by atoms with van der Waals surface area (Å²) in [7, 11) is 0. The van der Waals surface area contributed by atoms with Gasteiger partial charge in [0.2, 0.25) is 11.9 Å². The van der Waals surface area contributed by atoms with Crippen LogP contribution in [0.2, 0.25) is 0 Å². The predicted molar refractivity (Wildman–Crippen MR) is 90.4 cm³/mol. The summed E-state index contributed by atoms with van der Waals surface area (Å²) in [5, 5.41) is 0. The standard InChI is InChI=1S/C18H15BrO5/c1-11(17(20)12-6-8-13(19)9-7-12)23-18(21)16-10-22-14-4-2-3-5-15(14)24-16/h2-9,11,16H,10H2,1H3/t11-,16+/m1/s1. The Morgan fingerprint density at radius 3 is 2.50 bits per heavy atom. The number of Topliss-reactive ketones (excluding diaryl/α,β-unsaturated/α-hetero) is 1. The SMILES string of the molecule is C[C@@H](OC(=O)[C@@H]1COc2ccccc2O1)C(=O)c1ccc(Br)cc1. The smallest absolute Gasteiger partial charge is 0.351 e. The normalized spacial score (nSPS) is 17.0. The first kappa shape index (κ1) is 16.5. The van der Waals surface area contributed by atoms with Gasteiger partial charge in [-0.2, -0.15) is 0 Å². The van der Waals surface area contributed by atoms with E-state index in [0.29, 0.717) is 17.1 Å². The van der Waals surface area contributed by atoms with Crippen LogP contribution in [0.5, 0.6) is 11.5 Å². The Kier molecular flexibility index (Phi) is 4.85. The van der Waals surface area contributed by atoms with Crippen molar-refractivity contribution in [3.05, 3.63) is 58.6 Å². The third kappa shape index (κ3) is 3.59. The van der Waals surface area contributed by atoms with E-state index in [1.54, 1.807) is 49.4 Å². The number of ether oxygens (including phenoxy) is 3. The molecule has 0 saturated carbocycles. The quantitative estimate of drug-likeness (QED) is 0.591. The summed E-state index contributed by atoms with van der Waals surface area (Å²) in [5.74, 6) is 0.175. The molecule has 124 valence electrons. The van der Waals surface area contributed by atoms with E-state index in [2.05, 4.69) is 15.9 Å². The minimum atomic E-state index is -0.903. The molecule has 0 unspecified atom stereocenters. The van der Waals surface area contributed by atoms with Crippen LogP contribution in [0.3, 0.4) is 0 Å². The fourth-order valence-corrected chi connectivity index (χ4v) is 2.55. The van der Waals surface area contributed by atoms with Crippen LogP contribution in [0.1, 0.15) is 17.3 Å². The summed E-state index contributed by atoms with van der Waals surface area (Å²) in [4.78, 5) is 24.5. The van der Waals surface area contributed by atoms with E-state index < -0.39 is 18.2 Å². The van der Waals surface area contributed by atoms with Crippen molar-refractivity contribution in [1.29, 1.82) is 0 Å². The zero-order chi connectivity index (χ0) is 17.1. The molecule has 1 aliphatic rings. The van der Waals surface area contributed by atoms with Crippen LogP contribution in [-0.2, 0) is 9.53 Å². The molecule has 1 heterocycles. The molecule has 2 aromatic carbocycles. The van der Waals surface area contributed by atoms with Crippen molar-refractivity contribution < 1.29 is 23.8 Å². The zero-order valence-electron chi connectivity index (χ0n) is 12.9. The minimum absolute atomic E-state index is 0.0506. The Labute approximate surface area is 147 Å². The molecule has 5 nitrogen and oxygen atoms in total. The lowest BCUT2D eigenvalue weighted by Crippen LogP contribution is -2.40. The highest BCUT2D eigenvalue weighted by atomic mass is 79.9. The fraction of sp³-hybridized carbons (Fsp3) is 0.222. The molecule has 24 heavy (non-hydrogen) atoms. The van der Waals surface area contributed by atoms with Gasteiger partial charge < -0.3 is 14.2 Å². The number of ketones is 1. The zero-order valence-corrected chi connectivity index (χ0v) is 14.5. The molecule has 2 aromatic rings. The molecule has 2 atom stereocenters. The number of esters is 1. The Hall–Kier alpha value is -2.34. The maximum absolute atomic E-state index is 12.3. The lowest BCUT2D eigenvalue weighted by Gasteiger charge is -2.25. The van der Waals surface area contributed by atoms with Gasteiger partial charge >= 0.3 is 5.97 Å². The maximum Gasteiger partial charge on any atom is 0.351 e. The van der Waals surface area contributed by atoms with Crippen molar-refractivity contribution in [2.45, 2.75) is 19.1 Å². The summed E-state index contributed by atoms with van der Waals surface area (Å²) >= 11 is 3.31. The molecule has 0 fully saturated rings. The minimum Gasteiger partial charge on any atom is -0.485 e. The summed E-state index contributed by atoms with van der Waals surface area (Å²) in [6.45, 7) is 1.59. The number of carbonyl (C=O) groups excluding carboxylic acids is 2. The monoisotopic (exact) mass is 390 g/mol. The molecular formula is C18H15BrO5. The van der Waals surface area contributed by atoms with Gasteiger partial charge in [0.15, 0.2) is 17.6 Å². The summed E-state index contributed by atoms with van der Waals surface area (Å²) in [6, 6.07) is 13.9. The van der Waals surface area contributed by atoms with Crippen LogP contribution in [0.25, 0.3) is 0 Å². The van der Waals surface area contributed by atoms with E-state index in [1.165, 1.54) is 0 Å². The van der Waals surface area contributed by atoms with Gasteiger partial charge in [0.05, 0.1) is 0 Å². The Morgan fingerprint density at radius 1 is 1.12 bits per heavy atom. The molecule has 0 amide bonds. The topological polar surface area (TPSA) is 61.8 Å². The number of carbonyl (C=O) groups is 2. The average Bonchev–Trinajstić information content (AvgIpc) is 2.61. The molecule has 1 aliphatic heterocycles. The summed E-state index contributed by atoms with van der Waals surface area (Å²) < 4.78 is 17.2. The van der Waals surface area contributed by atoms with E-state index in [-0.39, 0.29) is 12.4 Å². The number of hydrogen-bond acceptors (Lipinski definition) is 5. The van der Waals surface area contributed by atoms with Crippen molar-refractivity contribution in [3.63, 3.8) is 0 Å². The number of hydrogen-bond donors (Lipinski definition) is 0. The van der Waals surface area contributed by atoms with Gasteiger partial charge in [-0.05, 0) is 31.2 Å². The van der Waals surface area contributed by atoms with Crippen molar-refractivity contribution >= 4 is 27.7 Å². The maximum atomic E-state index is 12.3. The highest BCUT2D eigenvalue weighted by molar-refractivity contribution is 9.10. The molecule has 0 bridgehead atoms. The second kappa shape index (κ2) is 7.05. The van der Waals surface area contributed by atoms with Crippen LogP contribution in [0, 0.1) is 0 Å². The van der Waals surface area contributed by atoms with E-state index in [0.717, 1.165) is 4.47 Å². The van der Waals surface area contributed by atoms with Gasteiger partial charge in [0.25, 0.3) is 0 Å². The van der Waals surface area contributed by atoms with Crippen LogP contribution in [0.15, 0.2) is 53.0 Å². The van der Waals surface area contributed by atoms with Crippen molar-refractivity contribution in [2.75, 3.05) is 6.61 Å². The molecule has 0 saturated heterocycles. The van der Waals surface area contributed by atoms with E-state index in [1.807, 2.05) is 6.07 Å². The number of benzene rings is 2. The third-order valence-electron chi connectivity index (χ3n) is 3.56. The average molecular weight is 391 g/mol. The molecule has 0 aliphatic carbocycles. The third-order valence-corrected chi connectivity index (χ3v) is 4.09. The van der Waals surface area contributed by atoms with Crippen LogP contribution >= 0.6 is 15.9 Å². The van der Waals surface area contributed by atoms with Crippen LogP contribution < -0.4 is 9.47 Å². The van der Waals surface area contributed by atoms with Crippen molar-refractivity contribution in [1.82, 2.24) is 0 Å². The molecule has 0 aromatic heterocycles. The van der Waals surface area contributed by atoms with E-state index in [4.69, 9.17) is 14.2 Å². The summed E-state index contributed by atoms with van der Waals surface area (Å²) in [5.41, 5.74) is 0.477. The van der Waals surface area contributed by atoms with Gasteiger partial charge in [-0.3, -0.25) is 4.79 Å². The highest BCUT2D eigenvalue weighted by Gasteiger charge is 2.31. The van der Waals surface area contributed by atoms with Gasteiger partial charge in [0, 0.05) is 10.0 Å². The molecule has 3 rings (SSSR count). The predicted octanol–water partition coefficient (Wildman–Crippen LogP) is 3.40. The number of rotatable bonds is 4. The summed E-state index contributed by atoms with van der Waals surface area (Å²) in [6.07, 6.45) is -1.79. The first-order valence-electron chi connectivity index (χ1n) is 7.43. The lowest BCUT2D eigenvalue weighted by molar-refractivity contribution is -0.157. The van der Waals surface area contributed by atoms with Crippen molar-refractivity contribution in [2.24, 2.45) is 0 Å². The number of para-hydroxylation sites is 2. The Morgan fingerprint density at radius 2 is 1.79 bits per heavy atom. The number of halogens is 1. The first-order chi connectivity index (χ1) is 11.5. The molecule has 6 heteroatoms. The van der Waals surface area contributed by atoms with Crippen LogP contribution in [0.4, 0.5) is 0 Å². The van der Waals surface area contributed by atoms with Crippen molar-refractivity contribution in [3.8, 4) is 11.5 Å². The highest BCUT2D eigenvalue weighted by Crippen LogP contribution is 2.31. The van der Waals surface area contributed by atoms with E-state index in [9.17, 15) is 9.59 Å². The van der Waals surface area contributed by atoms with Crippen LogP contribution in [-0.4, -0.2) is 30.6 Å². The largest absolute Gasteiger partial charge is 0.485 e. The number of fused-ring (bicyclic) bond motifs is 1. The van der Waals surface area contributed by atoms with Gasteiger partial charge in [0.1, 0.15) is 6.61 Å². The van der Waals surface area contributed by atoms with Gasteiger partial charge in [-0.1, -0.05) is 40.2 Å². The van der Waals surface area contributed by atoms with Gasteiger partial charge in [-0.25, -0.2) is 4.79 Å².